The van der Waals surface area contributed by atoms with Gasteiger partial charge in [-0.25, -0.2) is 0 Å². The van der Waals surface area contributed by atoms with Crippen LogP contribution in [0.2, 0.25) is 0 Å². The molecule has 0 amide bonds. The van der Waals surface area contributed by atoms with E-state index in [9.17, 15) is 5.11 Å². The fraction of sp³-hybridized carbons (Fsp3) is 0.700. The Morgan fingerprint density at radius 3 is 2.91 bits per heavy atom. The van der Waals surface area contributed by atoms with Crippen LogP contribution in [0.4, 0.5) is 0 Å². The molecule has 1 aromatic carbocycles. The highest BCUT2D eigenvalue weighted by atomic mass is 16.3. The molecule has 1 N–H and O–H groups in total. The summed E-state index contributed by atoms with van der Waals surface area (Å²) in [6.07, 6.45) is 11.0. The molecule has 3 atom stereocenters. The second-order valence-corrected chi connectivity index (χ2v) is 8.31. The molecule has 2 heteroatoms. The van der Waals surface area contributed by atoms with Crippen LogP contribution in [-0.2, 0) is 11.8 Å². The lowest BCUT2D eigenvalue weighted by Crippen LogP contribution is -2.61. The lowest BCUT2D eigenvalue weighted by Gasteiger charge is -2.59. The summed E-state index contributed by atoms with van der Waals surface area (Å²) in [6.45, 7) is 2.64. The van der Waals surface area contributed by atoms with Gasteiger partial charge in [-0.3, -0.25) is 4.90 Å². The molecule has 1 saturated heterocycles. The molecule has 0 radical (unpaired) electrons. The molecule has 3 fully saturated rings. The second-order valence-electron chi connectivity index (χ2n) is 8.31. The molecule has 0 aromatic heterocycles. The second kappa shape index (κ2) is 4.74. The fourth-order valence-electron chi connectivity index (χ4n) is 5.96. The van der Waals surface area contributed by atoms with E-state index in [0.717, 1.165) is 17.9 Å². The van der Waals surface area contributed by atoms with E-state index in [1.54, 1.807) is 5.56 Å². The molecule has 0 spiro atoms. The lowest BCUT2D eigenvalue weighted by molar-refractivity contribution is -0.0134. The monoisotopic (exact) mass is 297 g/mol. The third-order valence-corrected chi connectivity index (χ3v) is 7.12. The molecule has 3 aliphatic carbocycles. The Morgan fingerprint density at radius 2 is 2.05 bits per heavy atom. The number of aromatic hydroxyl groups is 1. The molecule has 5 rings (SSSR count). The van der Waals surface area contributed by atoms with Gasteiger partial charge in [0.15, 0.2) is 0 Å². The van der Waals surface area contributed by atoms with Gasteiger partial charge in [0.05, 0.1) is 0 Å². The number of fused-ring (bicyclic) bond motifs is 1. The van der Waals surface area contributed by atoms with Crippen LogP contribution in [-0.4, -0.2) is 29.1 Å². The van der Waals surface area contributed by atoms with E-state index in [-0.39, 0.29) is 0 Å². The number of likely N-dealkylation sites (tertiary alicyclic amines) is 1. The van der Waals surface area contributed by atoms with Gasteiger partial charge < -0.3 is 5.11 Å². The van der Waals surface area contributed by atoms with E-state index in [0.29, 0.717) is 11.2 Å². The van der Waals surface area contributed by atoms with Gasteiger partial charge in [-0.1, -0.05) is 18.9 Å². The maximum Gasteiger partial charge on any atom is 0.115 e. The van der Waals surface area contributed by atoms with Crippen molar-refractivity contribution >= 4 is 0 Å². The highest BCUT2D eigenvalue weighted by Gasteiger charge is 2.54. The van der Waals surface area contributed by atoms with Crippen molar-refractivity contribution in [3.8, 4) is 5.75 Å². The highest BCUT2D eigenvalue weighted by Crippen LogP contribution is 2.56. The first-order valence-corrected chi connectivity index (χ1v) is 9.33. The summed E-state index contributed by atoms with van der Waals surface area (Å²) in [6, 6.07) is 6.99. The van der Waals surface area contributed by atoms with Crippen LogP contribution in [0.1, 0.15) is 56.1 Å². The van der Waals surface area contributed by atoms with Crippen LogP contribution in [0.3, 0.4) is 0 Å². The minimum absolute atomic E-state index is 0.435. The van der Waals surface area contributed by atoms with Gasteiger partial charge in [0.25, 0.3) is 0 Å². The number of phenolic OH excluding ortho intramolecular Hbond substituents is 1. The van der Waals surface area contributed by atoms with Gasteiger partial charge in [0.1, 0.15) is 5.75 Å². The predicted molar refractivity (Wildman–Crippen MR) is 88.1 cm³/mol. The average Bonchev–Trinajstić information content (AvgIpc) is 3.33. The van der Waals surface area contributed by atoms with Crippen LogP contribution in [0.25, 0.3) is 0 Å². The smallest absolute Gasteiger partial charge is 0.115 e. The number of rotatable bonds is 2. The molecule has 2 nitrogen and oxygen atoms in total. The molecule has 1 heterocycles. The van der Waals surface area contributed by atoms with E-state index in [4.69, 9.17) is 0 Å². The Morgan fingerprint density at radius 1 is 1.14 bits per heavy atom. The summed E-state index contributed by atoms with van der Waals surface area (Å²) in [5.74, 6) is 2.31. The Bertz CT molecular complexity index is 593. The summed E-state index contributed by atoms with van der Waals surface area (Å²) < 4.78 is 0. The Balaban J connectivity index is 1.58. The molecule has 1 aromatic rings. The fourth-order valence-corrected chi connectivity index (χ4v) is 5.96. The molecular weight excluding hydrogens is 270 g/mol. The third-order valence-electron chi connectivity index (χ3n) is 7.12. The van der Waals surface area contributed by atoms with Gasteiger partial charge >= 0.3 is 0 Å². The summed E-state index contributed by atoms with van der Waals surface area (Å²) in [4.78, 5) is 2.83. The minimum Gasteiger partial charge on any atom is -0.508 e. The van der Waals surface area contributed by atoms with E-state index >= 15 is 0 Å². The zero-order chi connectivity index (χ0) is 14.7. The van der Waals surface area contributed by atoms with Crippen molar-refractivity contribution in [1.29, 1.82) is 0 Å². The number of phenols is 1. The van der Waals surface area contributed by atoms with Crippen molar-refractivity contribution in [2.24, 2.45) is 11.8 Å². The van der Waals surface area contributed by atoms with Crippen molar-refractivity contribution in [2.45, 2.75) is 62.8 Å². The normalized spacial score (nSPS) is 37.5. The van der Waals surface area contributed by atoms with Gasteiger partial charge in [0.2, 0.25) is 0 Å². The molecule has 2 bridgehead atoms. The molecule has 1 unspecified atom stereocenters. The van der Waals surface area contributed by atoms with E-state index in [1.165, 1.54) is 70.0 Å². The summed E-state index contributed by atoms with van der Waals surface area (Å²) >= 11 is 0. The lowest BCUT2D eigenvalue weighted by atomic mass is 9.52. The average molecular weight is 297 g/mol. The first-order chi connectivity index (χ1) is 10.8. The van der Waals surface area contributed by atoms with Crippen LogP contribution < -0.4 is 0 Å². The van der Waals surface area contributed by atoms with Crippen LogP contribution >= 0.6 is 0 Å². The van der Waals surface area contributed by atoms with Crippen LogP contribution in [0.15, 0.2) is 18.2 Å². The maximum atomic E-state index is 9.95. The van der Waals surface area contributed by atoms with Gasteiger partial charge in [-0.15, -0.1) is 0 Å². The number of hydrogen-bond donors (Lipinski definition) is 1. The predicted octanol–water partition coefficient (Wildman–Crippen LogP) is 3.86. The zero-order valence-corrected chi connectivity index (χ0v) is 13.4. The molecule has 4 aliphatic rings. The SMILES string of the molecule is Oc1ccc2c(c1)C[C@@H]1C3CCCC[C@]23CCN1CC1CC1. The molecular formula is C20H27NO. The van der Waals surface area contributed by atoms with E-state index in [1.807, 2.05) is 6.07 Å². The van der Waals surface area contributed by atoms with Crippen LogP contribution in [0, 0.1) is 11.8 Å². The largest absolute Gasteiger partial charge is 0.508 e. The third kappa shape index (κ3) is 1.89. The summed E-state index contributed by atoms with van der Waals surface area (Å²) in [7, 11) is 0. The van der Waals surface area contributed by atoms with Gasteiger partial charge in [0, 0.05) is 18.0 Å². The Kier molecular flexibility index (Phi) is 2.89. The van der Waals surface area contributed by atoms with E-state index < -0.39 is 0 Å². The maximum absolute atomic E-state index is 9.95. The number of piperidine rings is 1. The zero-order valence-electron chi connectivity index (χ0n) is 13.4. The van der Waals surface area contributed by atoms with Crippen molar-refractivity contribution in [1.82, 2.24) is 4.90 Å². The summed E-state index contributed by atoms with van der Waals surface area (Å²) in [5, 5.41) is 9.95. The quantitative estimate of drug-likeness (QED) is 0.896. The number of hydrogen-bond acceptors (Lipinski definition) is 2. The van der Waals surface area contributed by atoms with Gasteiger partial charge in [-0.2, -0.15) is 0 Å². The van der Waals surface area contributed by atoms with Crippen molar-refractivity contribution in [2.75, 3.05) is 13.1 Å². The first kappa shape index (κ1) is 13.4. The minimum atomic E-state index is 0.435. The Hall–Kier alpha value is -1.02. The topological polar surface area (TPSA) is 23.5 Å². The molecule has 2 saturated carbocycles. The molecule has 22 heavy (non-hydrogen) atoms. The van der Waals surface area contributed by atoms with Crippen molar-refractivity contribution in [3.63, 3.8) is 0 Å². The Labute approximate surface area is 133 Å². The van der Waals surface area contributed by atoms with Gasteiger partial charge in [-0.05, 0) is 80.2 Å². The van der Waals surface area contributed by atoms with Crippen molar-refractivity contribution in [3.05, 3.63) is 29.3 Å². The number of benzene rings is 1. The standard InChI is InChI=1S/C20H27NO/c22-16-6-7-17-15(11-16)12-19-18-3-1-2-8-20(17,18)9-10-21(19)13-14-4-5-14/h6-7,11,14,18-19,22H,1-5,8-10,12-13H2/t18?,19-,20+/m1/s1. The van der Waals surface area contributed by atoms with Crippen molar-refractivity contribution < 1.29 is 5.11 Å². The number of nitrogens with zero attached hydrogens (tertiary/aromatic N) is 1. The molecule has 118 valence electrons. The highest BCUT2D eigenvalue weighted by molar-refractivity contribution is 5.44. The summed E-state index contributed by atoms with van der Waals surface area (Å²) in [5.41, 5.74) is 3.48. The van der Waals surface area contributed by atoms with Crippen LogP contribution in [0.5, 0.6) is 5.75 Å². The molecule has 1 aliphatic heterocycles. The first-order valence-electron chi connectivity index (χ1n) is 9.33. The van der Waals surface area contributed by atoms with E-state index in [2.05, 4.69) is 17.0 Å².